The summed E-state index contributed by atoms with van der Waals surface area (Å²) in [5, 5.41) is 0. The Bertz CT molecular complexity index is 470. The fourth-order valence-electron chi connectivity index (χ4n) is 2.34. The van der Waals surface area contributed by atoms with Crippen molar-refractivity contribution >= 4 is 21.7 Å². The van der Waals surface area contributed by atoms with Crippen LogP contribution in [0, 0.1) is 0 Å². The molecule has 17 heavy (non-hydrogen) atoms. The molecule has 0 saturated heterocycles. The van der Waals surface area contributed by atoms with Gasteiger partial charge in [-0.2, -0.15) is 0 Å². The molecule has 1 unspecified atom stereocenters. The van der Waals surface area contributed by atoms with Crippen molar-refractivity contribution in [1.29, 1.82) is 0 Å². The molecule has 1 aromatic carbocycles. The minimum Gasteiger partial charge on any atom is -0.486 e. The average Bonchev–Trinajstić information content (AvgIpc) is 2.48. The van der Waals surface area contributed by atoms with Crippen LogP contribution in [-0.4, -0.2) is 23.8 Å². The Morgan fingerprint density at radius 3 is 2.65 bits per heavy atom. The molecule has 0 saturated carbocycles. The van der Waals surface area contributed by atoms with E-state index in [1.54, 1.807) is 0 Å². The number of rotatable bonds is 0. The number of Topliss-reactive ketones (excluding diaryl/α,β-unsaturated/α-hetero) is 1. The lowest BCUT2D eigenvalue weighted by atomic mass is 10.0. The van der Waals surface area contributed by atoms with Gasteiger partial charge in [0.15, 0.2) is 17.3 Å². The minimum absolute atomic E-state index is 0.0636. The molecule has 4 heteroatoms. The van der Waals surface area contributed by atoms with Crippen LogP contribution in [-0.2, 0) is 6.42 Å². The Labute approximate surface area is 108 Å². The number of benzene rings is 1. The quantitative estimate of drug-likeness (QED) is 0.545. The number of hydrogen-bond donors (Lipinski definition) is 0. The lowest BCUT2D eigenvalue weighted by Gasteiger charge is -2.20. The second kappa shape index (κ2) is 4.33. The first-order chi connectivity index (χ1) is 8.25. The van der Waals surface area contributed by atoms with Crippen molar-refractivity contribution in [3.8, 4) is 11.5 Å². The van der Waals surface area contributed by atoms with E-state index in [0.29, 0.717) is 19.0 Å². The second-order valence-corrected chi connectivity index (χ2v) is 5.48. The highest BCUT2D eigenvalue weighted by Gasteiger charge is 2.26. The van der Waals surface area contributed by atoms with Crippen molar-refractivity contribution in [2.75, 3.05) is 13.2 Å². The topological polar surface area (TPSA) is 35.5 Å². The molecule has 0 bridgehead atoms. The van der Waals surface area contributed by atoms with Crippen molar-refractivity contribution in [3.63, 3.8) is 0 Å². The zero-order chi connectivity index (χ0) is 11.8. The summed E-state index contributed by atoms with van der Waals surface area (Å²) in [7, 11) is 0. The van der Waals surface area contributed by atoms with Crippen LogP contribution in [0.3, 0.4) is 0 Å². The molecule has 0 fully saturated rings. The van der Waals surface area contributed by atoms with Crippen LogP contribution in [0.2, 0.25) is 0 Å². The van der Waals surface area contributed by atoms with Crippen LogP contribution in [0.25, 0.3) is 0 Å². The van der Waals surface area contributed by atoms with Gasteiger partial charge in [0, 0.05) is 5.56 Å². The van der Waals surface area contributed by atoms with E-state index in [4.69, 9.17) is 9.47 Å². The van der Waals surface area contributed by atoms with Crippen LogP contribution in [0.5, 0.6) is 11.5 Å². The number of halogens is 1. The third-order valence-corrected chi connectivity index (χ3v) is 4.10. The maximum Gasteiger partial charge on any atom is 0.176 e. The van der Waals surface area contributed by atoms with Crippen LogP contribution in [0.4, 0.5) is 0 Å². The molecule has 3 nitrogen and oxygen atoms in total. The number of ether oxygens (including phenoxy) is 2. The lowest BCUT2D eigenvalue weighted by molar-refractivity contribution is 0.0989. The highest BCUT2D eigenvalue weighted by Crippen LogP contribution is 2.36. The smallest absolute Gasteiger partial charge is 0.176 e. The first kappa shape index (κ1) is 11.1. The Morgan fingerprint density at radius 1 is 1.18 bits per heavy atom. The van der Waals surface area contributed by atoms with E-state index in [1.807, 2.05) is 12.1 Å². The molecule has 2 aliphatic rings. The van der Waals surface area contributed by atoms with Crippen molar-refractivity contribution in [1.82, 2.24) is 0 Å². The van der Waals surface area contributed by atoms with E-state index in [9.17, 15) is 4.79 Å². The van der Waals surface area contributed by atoms with Crippen LogP contribution in [0.15, 0.2) is 12.1 Å². The molecule has 1 atom stereocenters. The summed E-state index contributed by atoms with van der Waals surface area (Å²) in [6.45, 7) is 1.14. The number of carbonyl (C=O) groups excluding carboxylic acids is 1. The summed E-state index contributed by atoms with van der Waals surface area (Å²) < 4.78 is 11.1. The van der Waals surface area contributed by atoms with Gasteiger partial charge in [0.05, 0.1) is 4.83 Å². The number of alkyl halides is 1. The number of aryl methyl sites for hydroxylation is 1. The van der Waals surface area contributed by atoms with Gasteiger partial charge >= 0.3 is 0 Å². The number of fused-ring (bicyclic) bond motifs is 2. The molecular formula is C13H13BrO3. The van der Waals surface area contributed by atoms with Gasteiger partial charge in [0.1, 0.15) is 13.2 Å². The summed E-state index contributed by atoms with van der Waals surface area (Å²) in [4.78, 5) is 12.1. The predicted octanol–water partition coefficient (Wildman–Crippen LogP) is 2.74. The third-order valence-electron chi connectivity index (χ3n) is 3.22. The molecule has 0 spiro atoms. The van der Waals surface area contributed by atoms with Gasteiger partial charge in [-0.1, -0.05) is 15.9 Å². The van der Waals surface area contributed by atoms with Gasteiger partial charge < -0.3 is 9.47 Å². The highest BCUT2D eigenvalue weighted by molar-refractivity contribution is 9.10. The molecule has 1 aromatic rings. The number of ketones is 1. The van der Waals surface area contributed by atoms with Crippen LogP contribution in [0.1, 0.15) is 28.8 Å². The summed E-state index contributed by atoms with van der Waals surface area (Å²) >= 11 is 3.45. The van der Waals surface area contributed by atoms with Crippen molar-refractivity contribution < 1.29 is 14.3 Å². The maximum atomic E-state index is 12.2. The third kappa shape index (κ3) is 1.95. The first-order valence-corrected chi connectivity index (χ1v) is 6.78. The second-order valence-electron chi connectivity index (χ2n) is 4.38. The van der Waals surface area contributed by atoms with Gasteiger partial charge in [0.25, 0.3) is 0 Å². The fraction of sp³-hybridized carbons (Fsp3) is 0.462. The van der Waals surface area contributed by atoms with Gasteiger partial charge in [-0.15, -0.1) is 0 Å². The predicted molar refractivity (Wildman–Crippen MR) is 67.4 cm³/mol. The highest BCUT2D eigenvalue weighted by atomic mass is 79.9. The number of carbonyl (C=O) groups is 1. The van der Waals surface area contributed by atoms with E-state index >= 15 is 0 Å². The lowest BCUT2D eigenvalue weighted by Crippen LogP contribution is -2.18. The molecular weight excluding hydrogens is 284 g/mol. The first-order valence-electron chi connectivity index (χ1n) is 5.86. The molecule has 0 N–H and O–H groups in total. The molecule has 1 aliphatic heterocycles. The zero-order valence-electron chi connectivity index (χ0n) is 9.37. The van der Waals surface area contributed by atoms with Crippen molar-refractivity contribution in [3.05, 3.63) is 23.3 Å². The summed E-state index contributed by atoms with van der Waals surface area (Å²) in [5.41, 5.74) is 1.87. The van der Waals surface area contributed by atoms with Crippen LogP contribution >= 0.6 is 15.9 Å². The Morgan fingerprint density at radius 2 is 1.88 bits per heavy atom. The Kier molecular flexibility index (Phi) is 2.82. The molecule has 1 aliphatic carbocycles. The molecule has 0 aromatic heterocycles. The fourth-order valence-corrected chi connectivity index (χ4v) is 2.91. The molecule has 90 valence electrons. The van der Waals surface area contributed by atoms with E-state index in [0.717, 1.165) is 36.1 Å². The number of hydrogen-bond acceptors (Lipinski definition) is 3. The largest absolute Gasteiger partial charge is 0.486 e. The van der Waals surface area contributed by atoms with Gasteiger partial charge in [0.2, 0.25) is 0 Å². The van der Waals surface area contributed by atoms with Gasteiger partial charge in [-0.3, -0.25) is 4.79 Å². The normalized spacial score (nSPS) is 22.9. The SMILES string of the molecule is O=C1c2cc3c(cc2CCCC1Br)OCCO3. The standard InChI is InChI=1S/C13H13BrO3/c14-10-3-1-2-8-6-11-12(17-5-4-16-11)7-9(8)13(10)15/h6-7,10H,1-5H2. The van der Waals surface area contributed by atoms with E-state index < -0.39 is 0 Å². The molecule has 0 radical (unpaired) electrons. The van der Waals surface area contributed by atoms with E-state index in [-0.39, 0.29) is 10.6 Å². The summed E-state index contributed by atoms with van der Waals surface area (Å²) in [6, 6.07) is 3.80. The van der Waals surface area contributed by atoms with Crippen molar-refractivity contribution in [2.45, 2.75) is 24.1 Å². The van der Waals surface area contributed by atoms with E-state index in [1.165, 1.54) is 0 Å². The summed E-state index contributed by atoms with van der Waals surface area (Å²) in [6.07, 6.45) is 2.84. The maximum absolute atomic E-state index is 12.2. The monoisotopic (exact) mass is 296 g/mol. The summed E-state index contributed by atoms with van der Waals surface area (Å²) in [5.74, 6) is 1.63. The van der Waals surface area contributed by atoms with Gasteiger partial charge in [-0.25, -0.2) is 0 Å². The Balaban J connectivity index is 2.09. The Hall–Kier alpha value is -1.03. The minimum atomic E-state index is -0.0636. The molecule has 0 amide bonds. The average molecular weight is 297 g/mol. The van der Waals surface area contributed by atoms with Crippen molar-refractivity contribution in [2.24, 2.45) is 0 Å². The molecule has 1 heterocycles. The van der Waals surface area contributed by atoms with Crippen LogP contribution < -0.4 is 9.47 Å². The van der Waals surface area contributed by atoms with Gasteiger partial charge in [-0.05, 0) is 37.0 Å². The zero-order valence-corrected chi connectivity index (χ0v) is 11.0. The molecule has 3 rings (SSSR count). The van der Waals surface area contributed by atoms with E-state index in [2.05, 4.69) is 15.9 Å².